The first kappa shape index (κ1) is 11.2. The van der Waals surface area contributed by atoms with Crippen LogP contribution in [0.1, 0.15) is 5.56 Å². The maximum atomic E-state index is 9.32. The molecular formula is C16H11N3. The summed E-state index contributed by atoms with van der Waals surface area (Å²) in [6, 6.07) is 15.5. The van der Waals surface area contributed by atoms with E-state index < -0.39 is 0 Å². The maximum absolute atomic E-state index is 9.32. The molecule has 0 aliphatic heterocycles. The van der Waals surface area contributed by atoms with Crippen molar-refractivity contribution in [2.75, 3.05) is 5.73 Å². The number of nitriles is 1. The molecule has 3 heteroatoms. The zero-order valence-corrected chi connectivity index (χ0v) is 10.2. The number of hydrogen-bond donors (Lipinski definition) is 1. The number of para-hydroxylation sites is 1. The third-order valence-corrected chi connectivity index (χ3v) is 3.15. The lowest BCUT2D eigenvalue weighted by atomic mass is 9.96. The van der Waals surface area contributed by atoms with E-state index in [-0.39, 0.29) is 0 Å². The molecule has 0 aliphatic rings. The van der Waals surface area contributed by atoms with E-state index in [0.29, 0.717) is 11.3 Å². The Morgan fingerprint density at radius 1 is 1.00 bits per heavy atom. The lowest BCUT2D eigenvalue weighted by Crippen LogP contribution is -1.92. The number of rotatable bonds is 1. The highest BCUT2D eigenvalue weighted by Crippen LogP contribution is 2.31. The van der Waals surface area contributed by atoms with E-state index in [4.69, 9.17) is 5.73 Å². The molecule has 2 aromatic carbocycles. The largest absolute Gasteiger partial charge is 0.398 e. The van der Waals surface area contributed by atoms with Crippen LogP contribution in [0, 0.1) is 11.3 Å². The van der Waals surface area contributed by atoms with Crippen LogP contribution in [-0.4, -0.2) is 4.98 Å². The van der Waals surface area contributed by atoms with Gasteiger partial charge < -0.3 is 5.73 Å². The van der Waals surface area contributed by atoms with Gasteiger partial charge in [0.05, 0.1) is 11.6 Å². The van der Waals surface area contributed by atoms with E-state index in [0.717, 1.165) is 21.9 Å². The van der Waals surface area contributed by atoms with E-state index in [1.165, 1.54) is 0 Å². The van der Waals surface area contributed by atoms with Crippen molar-refractivity contribution in [1.29, 1.82) is 5.26 Å². The summed E-state index contributed by atoms with van der Waals surface area (Å²) in [5, 5.41) is 11.3. The third-order valence-electron chi connectivity index (χ3n) is 3.15. The molecule has 0 unspecified atom stereocenters. The number of anilines is 1. The molecule has 2 N–H and O–H groups in total. The Labute approximate surface area is 110 Å². The Morgan fingerprint density at radius 2 is 1.84 bits per heavy atom. The number of pyridine rings is 1. The second-order valence-corrected chi connectivity index (χ2v) is 4.32. The van der Waals surface area contributed by atoms with E-state index in [9.17, 15) is 5.26 Å². The van der Waals surface area contributed by atoms with Gasteiger partial charge in [0.25, 0.3) is 0 Å². The molecule has 3 rings (SSSR count). The molecule has 3 aromatic rings. The van der Waals surface area contributed by atoms with Gasteiger partial charge in [0.15, 0.2) is 0 Å². The number of nitrogens with two attached hydrogens (primary N) is 1. The van der Waals surface area contributed by atoms with Gasteiger partial charge in [0.1, 0.15) is 0 Å². The highest BCUT2D eigenvalue weighted by Gasteiger charge is 2.09. The molecule has 0 amide bonds. The van der Waals surface area contributed by atoms with Gasteiger partial charge in [-0.1, -0.05) is 18.2 Å². The summed E-state index contributed by atoms with van der Waals surface area (Å²) in [5.74, 6) is 0. The molecule has 0 aliphatic carbocycles. The zero-order chi connectivity index (χ0) is 13.2. The number of aromatic nitrogens is 1. The number of hydrogen-bond acceptors (Lipinski definition) is 3. The van der Waals surface area contributed by atoms with E-state index in [1.807, 2.05) is 42.5 Å². The first-order valence-corrected chi connectivity index (χ1v) is 5.92. The summed E-state index contributed by atoms with van der Waals surface area (Å²) in [7, 11) is 0. The molecule has 0 bridgehead atoms. The van der Waals surface area contributed by atoms with Crippen LogP contribution in [0.4, 0.5) is 5.69 Å². The van der Waals surface area contributed by atoms with E-state index in [1.54, 1.807) is 12.4 Å². The molecule has 1 aromatic heterocycles. The maximum Gasteiger partial charge on any atom is 0.0998 e. The van der Waals surface area contributed by atoms with E-state index >= 15 is 0 Å². The molecule has 0 radical (unpaired) electrons. The van der Waals surface area contributed by atoms with Crippen LogP contribution in [0.5, 0.6) is 0 Å². The van der Waals surface area contributed by atoms with Crippen molar-refractivity contribution in [1.82, 2.24) is 4.98 Å². The molecule has 3 nitrogen and oxygen atoms in total. The zero-order valence-electron chi connectivity index (χ0n) is 10.2. The highest BCUT2D eigenvalue weighted by atomic mass is 14.6. The summed E-state index contributed by atoms with van der Waals surface area (Å²) in [6.45, 7) is 0. The number of benzene rings is 2. The van der Waals surface area contributed by atoms with Gasteiger partial charge in [-0.05, 0) is 29.7 Å². The SMILES string of the molecule is N#Cc1cc2ccncc2cc1-c1ccccc1N. The lowest BCUT2D eigenvalue weighted by Gasteiger charge is -2.09. The van der Waals surface area contributed by atoms with Crippen LogP contribution < -0.4 is 5.73 Å². The van der Waals surface area contributed by atoms with Crippen LogP contribution in [0.15, 0.2) is 54.9 Å². The second-order valence-electron chi connectivity index (χ2n) is 4.32. The van der Waals surface area contributed by atoms with Gasteiger partial charge >= 0.3 is 0 Å². The predicted octanol–water partition coefficient (Wildman–Crippen LogP) is 3.36. The molecule has 0 saturated carbocycles. The van der Waals surface area contributed by atoms with Crippen molar-refractivity contribution in [3.05, 3.63) is 60.4 Å². The third kappa shape index (κ3) is 1.90. The molecule has 0 spiro atoms. The standard InChI is InChI=1S/C16H11N3/c17-9-12-7-11-5-6-19-10-13(11)8-15(12)14-3-1-2-4-16(14)18/h1-8,10H,18H2. The summed E-state index contributed by atoms with van der Waals surface area (Å²) < 4.78 is 0. The summed E-state index contributed by atoms with van der Waals surface area (Å²) in [5.41, 5.74) is 9.01. The minimum absolute atomic E-state index is 0.622. The number of nitrogen functional groups attached to an aromatic ring is 1. The summed E-state index contributed by atoms with van der Waals surface area (Å²) in [4.78, 5) is 4.11. The van der Waals surface area contributed by atoms with Gasteiger partial charge in [-0.25, -0.2) is 0 Å². The van der Waals surface area contributed by atoms with Crippen molar-refractivity contribution < 1.29 is 0 Å². The number of fused-ring (bicyclic) bond motifs is 1. The monoisotopic (exact) mass is 245 g/mol. The Morgan fingerprint density at radius 3 is 2.63 bits per heavy atom. The average Bonchev–Trinajstić information content (AvgIpc) is 2.46. The molecule has 19 heavy (non-hydrogen) atoms. The van der Waals surface area contributed by atoms with Crippen molar-refractivity contribution >= 4 is 16.5 Å². The Hall–Kier alpha value is -2.86. The van der Waals surface area contributed by atoms with E-state index in [2.05, 4.69) is 11.1 Å². The fraction of sp³-hybridized carbons (Fsp3) is 0. The van der Waals surface area contributed by atoms with Crippen molar-refractivity contribution in [3.8, 4) is 17.2 Å². The highest BCUT2D eigenvalue weighted by molar-refractivity contribution is 5.92. The number of nitrogens with zero attached hydrogens (tertiary/aromatic N) is 2. The smallest absolute Gasteiger partial charge is 0.0998 e. The fourth-order valence-electron chi connectivity index (χ4n) is 2.19. The van der Waals surface area contributed by atoms with Gasteiger partial charge in [0, 0.05) is 34.6 Å². The Kier molecular flexibility index (Phi) is 2.62. The molecule has 0 atom stereocenters. The predicted molar refractivity (Wildman–Crippen MR) is 76.3 cm³/mol. The van der Waals surface area contributed by atoms with Gasteiger partial charge in [-0.3, -0.25) is 4.98 Å². The molecule has 0 fully saturated rings. The van der Waals surface area contributed by atoms with Crippen LogP contribution in [0.2, 0.25) is 0 Å². The quantitative estimate of drug-likeness (QED) is 0.669. The summed E-state index contributed by atoms with van der Waals surface area (Å²) >= 11 is 0. The van der Waals surface area contributed by atoms with Crippen molar-refractivity contribution in [2.45, 2.75) is 0 Å². The first-order valence-electron chi connectivity index (χ1n) is 5.92. The summed E-state index contributed by atoms with van der Waals surface area (Å²) in [6.07, 6.45) is 3.51. The van der Waals surface area contributed by atoms with Crippen LogP contribution in [0.3, 0.4) is 0 Å². The minimum Gasteiger partial charge on any atom is -0.398 e. The van der Waals surface area contributed by atoms with Gasteiger partial charge in [-0.2, -0.15) is 5.26 Å². The van der Waals surface area contributed by atoms with Gasteiger partial charge in [-0.15, -0.1) is 0 Å². The minimum atomic E-state index is 0.622. The van der Waals surface area contributed by atoms with Crippen molar-refractivity contribution in [2.24, 2.45) is 0 Å². The van der Waals surface area contributed by atoms with Crippen LogP contribution >= 0.6 is 0 Å². The van der Waals surface area contributed by atoms with Crippen molar-refractivity contribution in [3.63, 3.8) is 0 Å². The Bertz CT molecular complexity index is 800. The Balaban J connectivity index is 2.35. The fourth-order valence-corrected chi connectivity index (χ4v) is 2.19. The first-order chi connectivity index (χ1) is 9.29. The topological polar surface area (TPSA) is 62.7 Å². The molecule has 90 valence electrons. The second kappa shape index (κ2) is 4.43. The lowest BCUT2D eigenvalue weighted by molar-refractivity contribution is 1.36. The molecule has 1 heterocycles. The molecule has 0 saturated heterocycles. The molecular weight excluding hydrogens is 234 g/mol. The average molecular weight is 245 g/mol. The van der Waals surface area contributed by atoms with Gasteiger partial charge in [0.2, 0.25) is 0 Å². The van der Waals surface area contributed by atoms with Crippen LogP contribution in [-0.2, 0) is 0 Å². The normalized spacial score (nSPS) is 10.3. The van der Waals surface area contributed by atoms with Crippen LogP contribution in [0.25, 0.3) is 21.9 Å².